The summed E-state index contributed by atoms with van der Waals surface area (Å²) in [5.74, 6) is 0.905. The first kappa shape index (κ1) is 32.7. The Hall–Kier alpha value is -10.8. The summed E-state index contributed by atoms with van der Waals surface area (Å²) >= 11 is 0. The van der Waals surface area contributed by atoms with E-state index in [0.29, 0.717) is 11.3 Å². The van der Waals surface area contributed by atoms with Gasteiger partial charge in [-0.25, -0.2) is 4.98 Å². The summed E-state index contributed by atoms with van der Waals surface area (Å²) in [5.41, 5.74) is -24.3. The maximum Gasteiger partial charge on any atom is 0.269 e. The van der Waals surface area contributed by atoms with Crippen LogP contribution in [0.3, 0.4) is 0 Å². The van der Waals surface area contributed by atoms with E-state index in [1.807, 2.05) is 72.8 Å². The van der Waals surface area contributed by atoms with Crippen LogP contribution < -0.4 is 9.30 Å². The molecule has 7 heteroatoms. The van der Waals surface area contributed by atoms with Crippen LogP contribution in [0.25, 0.3) is 127 Å². The van der Waals surface area contributed by atoms with Gasteiger partial charge in [-0.05, 0) is 182 Å². The first-order valence-corrected chi connectivity index (χ1v) is 32.0. The topological polar surface area (TPSA) is 45.7 Å². The van der Waals surface area contributed by atoms with Gasteiger partial charge in [-0.1, -0.05) is 233 Å². The highest BCUT2D eigenvalue weighted by Gasteiger charge is 2.39. The molecule has 5 aromatic heterocycles. The Morgan fingerprint density at radius 2 is 0.990 bits per heavy atom. The van der Waals surface area contributed by atoms with Crippen LogP contribution in [0, 0.1) is 6.33 Å². The van der Waals surface area contributed by atoms with Gasteiger partial charge in [-0.15, -0.1) is 0 Å². The van der Waals surface area contributed by atoms with Gasteiger partial charge in [0.2, 0.25) is 0 Å². The molecular formula is C92H82N6O. The Labute approximate surface area is 633 Å². The van der Waals surface area contributed by atoms with Gasteiger partial charge in [0.05, 0.1) is 75.1 Å². The Bertz CT molecular complexity index is 7500. The van der Waals surface area contributed by atoms with Crippen molar-refractivity contribution in [3.05, 3.63) is 283 Å². The van der Waals surface area contributed by atoms with Crippen molar-refractivity contribution >= 4 is 76.5 Å². The SMILES string of the molecule is [2H]c1c([2H])c2c(c([2H])c1-c1cccc(-c3c([2H])c([2H])c4c(c3[2H])C(C([2H])([2H])[2H])(C([2H])([2H])[2H])C([2H])([2H])C([2H])([2H])C4(C([2H])([2H])[2H])C([2H])([2H])[2H])c1-[n+]1[c-]n(-c3cccc(Oc4ccc5c6c(-n7c8ccccc8c8cccc(-n9c%10ccccc%10c%10ccccc%109)c87)cccc6n(-c6cc(C(C)(C)C)ccn6)c5c4)c3)c3ccccc31)C(C([2H])([2H])[2H])(C([2H])([2H])[2H])C([2H])([2H])C([2H])([2H])C2(C([2H])([2H])[2H])C([2H])([2H])[2H]. The summed E-state index contributed by atoms with van der Waals surface area (Å²) in [6, 6.07) is 50.9. The molecule has 18 rings (SSSR count). The standard InChI is InChI=1S/C92H82N6O/c1-88(2,3)60-46-51-93-84(54-60)97-80-37-23-38-81(98-77-34-17-14-28-68(77)69-31-22-39-82(87(69)98)96-75-32-15-12-26-66(75)67-27-13-16-33-76(67)96)85(80)70-43-42-63(56-83(70)97)99-62-25-20-24-61(55-62)94-57-95(79-36-19-18-35-78(79)94)86-64(58-40-44-71-73(52-58)91(8,9)49-47-89(71,4)5)29-21-30-65(86)59-41-45-72-74(53-59)92(10,11)50-48-90(72,6)7/h12-46,51-56H,47-50H2,1-11H3/i4D3,5D3,6D3,7D3,8D3,9D3,10D3,11D3,40D,41D,44D,45D,47D2,48D2,49D2,50D2,52D,53D. The number of imidazole rings is 1. The maximum absolute atomic E-state index is 10.5. The van der Waals surface area contributed by atoms with Crippen LogP contribution in [0.1, 0.15) is 181 Å². The third kappa shape index (κ3) is 9.51. The predicted octanol–water partition coefficient (Wildman–Crippen LogP) is 23.5. The smallest absolute Gasteiger partial charge is 0.269 e. The zero-order valence-electron chi connectivity index (χ0n) is 91.3. The first-order chi connectivity index (χ1) is 63.3. The molecule has 0 amide bonds. The molecule has 0 saturated heterocycles. The molecule has 0 spiro atoms. The summed E-state index contributed by atoms with van der Waals surface area (Å²) in [5, 5.41) is 5.70. The van der Waals surface area contributed by atoms with Crippen LogP contribution in [0.5, 0.6) is 11.5 Å². The minimum Gasteiger partial charge on any atom is -0.458 e. The highest BCUT2D eigenvalue weighted by molar-refractivity contribution is 6.19. The molecule has 486 valence electrons. The van der Waals surface area contributed by atoms with E-state index in [0.717, 1.165) is 99.6 Å². The average molecular weight is 1330 g/mol. The average Bonchev–Trinajstić information content (AvgIpc) is 1.37. The minimum atomic E-state index is -4.87. The van der Waals surface area contributed by atoms with Gasteiger partial charge >= 0.3 is 0 Å². The molecule has 16 aromatic rings. The van der Waals surface area contributed by atoms with E-state index in [1.165, 1.54) is 34.9 Å². The van der Waals surface area contributed by atoms with Crippen molar-refractivity contribution in [2.45, 2.75) is 128 Å². The molecule has 0 bridgehead atoms. The number of nitrogens with zero attached hydrogens (tertiary/aromatic N) is 6. The normalized spacial score (nSPS) is 24.3. The quantitative estimate of drug-likeness (QED) is 0.107. The molecular weight excluding hydrogens is 1210 g/mol. The predicted molar refractivity (Wildman–Crippen MR) is 411 cm³/mol. The van der Waals surface area contributed by atoms with Gasteiger partial charge in [-0.2, -0.15) is 0 Å². The van der Waals surface area contributed by atoms with Crippen molar-refractivity contribution < 1.29 is 61.4 Å². The molecule has 0 N–H and O–H groups in total. The monoisotopic (exact) mass is 1320 g/mol. The van der Waals surface area contributed by atoms with Gasteiger partial charge in [-0.3, -0.25) is 13.7 Å². The second kappa shape index (κ2) is 21.9. The fourth-order valence-corrected chi connectivity index (χ4v) is 14.4. The van der Waals surface area contributed by atoms with Crippen LogP contribution >= 0.6 is 0 Å². The number of rotatable bonds is 9. The van der Waals surface area contributed by atoms with Crippen molar-refractivity contribution in [1.29, 1.82) is 0 Å². The lowest BCUT2D eigenvalue weighted by atomic mass is 9.62. The van der Waals surface area contributed by atoms with Crippen LogP contribution in [0.2, 0.25) is 0 Å². The molecule has 0 fully saturated rings. The highest BCUT2D eigenvalue weighted by Crippen LogP contribution is 2.51. The van der Waals surface area contributed by atoms with Crippen molar-refractivity contribution in [1.82, 2.24) is 23.3 Å². The van der Waals surface area contributed by atoms with E-state index >= 15 is 0 Å². The first-order valence-electron chi connectivity index (χ1n) is 51.0. The van der Waals surface area contributed by atoms with Gasteiger partial charge in [0.15, 0.2) is 0 Å². The Balaban J connectivity index is 0.911. The number of hydrogen-bond donors (Lipinski definition) is 0. The van der Waals surface area contributed by atoms with E-state index in [9.17, 15) is 35.6 Å². The Kier molecular flexibility index (Phi) is 7.23. The fraction of sp³-hybridized carbons (Fsp3) is 0.217. The molecule has 0 atom stereocenters. The molecule has 0 aliphatic heterocycles. The maximum atomic E-state index is 10.5. The van der Waals surface area contributed by atoms with E-state index in [2.05, 4.69) is 101 Å². The fourth-order valence-electron chi connectivity index (χ4n) is 14.4. The Morgan fingerprint density at radius 3 is 1.63 bits per heavy atom. The number of fused-ring (bicyclic) bond motifs is 12. The van der Waals surface area contributed by atoms with Crippen LogP contribution in [0.15, 0.2) is 249 Å². The van der Waals surface area contributed by atoms with Gasteiger partial charge in [0, 0.05) is 88.4 Å². The minimum absolute atomic E-state index is 0.0361. The number of ether oxygens (including phenoxy) is 1. The molecule has 7 nitrogen and oxygen atoms in total. The van der Waals surface area contributed by atoms with E-state index in [4.69, 9.17) is 26.2 Å². The number of para-hydroxylation sites is 7. The molecule has 99 heavy (non-hydrogen) atoms. The zero-order chi connectivity index (χ0) is 100. The number of benzene rings is 11. The van der Waals surface area contributed by atoms with Gasteiger partial charge in [0.1, 0.15) is 17.3 Å². The second-order valence-electron chi connectivity index (χ2n) is 26.3. The summed E-state index contributed by atoms with van der Waals surface area (Å²) in [6.45, 7) is -30.3. The van der Waals surface area contributed by atoms with Crippen molar-refractivity contribution in [3.8, 4) is 62.3 Å². The summed E-state index contributed by atoms with van der Waals surface area (Å²) < 4.78 is 373. The third-order valence-corrected chi connectivity index (χ3v) is 19.0. The molecule has 0 saturated carbocycles. The number of aromatic nitrogens is 6. The zero-order valence-corrected chi connectivity index (χ0v) is 53.3. The number of hydrogen-bond acceptors (Lipinski definition) is 2. The van der Waals surface area contributed by atoms with E-state index in [-0.39, 0.29) is 33.6 Å². The highest BCUT2D eigenvalue weighted by atomic mass is 16.5. The third-order valence-electron chi connectivity index (χ3n) is 19.0. The van der Waals surface area contributed by atoms with Crippen LogP contribution in [-0.4, -0.2) is 23.3 Å². The summed E-state index contributed by atoms with van der Waals surface area (Å²) in [4.78, 5) is 5.05. The lowest BCUT2D eigenvalue weighted by Crippen LogP contribution is -2.34. The lowest BCUT2D eigenvalue weighted by Gasteiger charge is -2.42. The van der Waals surface area contributed by atoms with Crippen molar-refractivity contribution in [2.24, 2.45) is 0 Å². The van der Waals surface area contributed by atoms with E-state index in [1.54, 1.807) is 30.5 Å². The van der Waals surface area contributed by atoms with Crippen LogP contribution in [0.4, 0.5) is 0 Å². The molecule has 2 aliphatic rings. The van der Waals surface area contributed by atoms with Gasteiger partial charge in [0.25, 0.3) is 6.33 Å². The van der Waals surface area contributed by atoms with Crippen molar-refractivity contribution in [3.63, 3.8) is 0 Å². The Morgan fingerprint density at radius 1 is 0.465 bits per heavy atom. The van der Waals surface area contributed by atoms with E-state index < -0.39 is 188 Å². The largest absolute Gasteiger partial charge is 0.458 e. The van der Waals surface area contributed by atoms with Crippen LogP contribution in [-0.2, 0) is 27.1 Å². The molecule has 0 unspecified atom stereocenters. The summed E-state index contributed by atoms with van der Waals surface area (Å²) in [6.07, 6.45) is -14.5. The molecule has 2 aliphatic carbocycles. The van der Waals surface area contributed by atoms with Gasteiger partial charge < -0.3 is 13.9 Å². The lowest BCUT2D eigenvalue weighted by molar-refractivity contribution is -0.571. The van der Waals surface area contributed by atoms with Crippen molar-refractivity contribution in [2.75, 3.05) is 0 Å². The molecule has 11 aromatic carbocycles. The molecule has 0 radical (unpaired) electrons. The molecule has 5 heterocycles. The second-order valence-corrected chi connectivity index (χ2v) is 26.3. The summed E-state index contributed by atoms with van der Waals surface area (Å²) in [7, 11) is 0. The number of pyridine rings is 1.